The van der Waals surface area contributed by atoms with Crippen LogP contribution in [-0.4, -0.2) is 15.0 Å². The molecule has 0 aliphatic carbocycles. The molecule has 0 bridgehead atoms. The first kappa shape index (κ1) is 11.9. The quantitative estimate of drug-likeness (QED) is 0.801. The lowest BCUT2D eigenvalue weighted by Crippen LogP contribution is -2.02. The average Bonchev–Trinajstić information content (AvgIpc) is 2.05. The average molecular weight is 235 g/mol. The van der Waals surface area contributed by atoms with Crippen molar-refractivity contribution in [2.24, 2.45) is 0 Å². The molecular weight excluding hydrogens is 226 g/mol. The summed E-state index contributed by atoms with van der Waals surface area (Å²) in [6.07, 6.45) is 2.96. The smallest absolute Gasteiger partial charge is 0.387 e. The molecule has 15 heavy (non-hydrogen) atoms. The minimum Gasteiger partial charge on any atom is -0.435 e. The third-order valence-corrected chi connectivity index (χ3v) is 2.31. The summed E-state index contributed by atoms with van der Waals surface area (Å²) >= 11 is 0. The minimum atomic E-state index is -3.35. The summed E-state index contributed by atoms with van der Waals surface area (Å²) in [6.45, 7) is -2.88. The Kier molecular flexibility index (Phi) is 3.62. The van der Waals surface area contributed by atoms with E-state index < -0.39 is 16.4 Å². The Balaban J connectivity index is 2.73. The fourth-order valence-electron chi connectivity index (χ4n) is 1.02. The van der Waals surface area contributed by atoms with Gasteiger partial charge < -0.3 is 4.74 Å². The summed E-state index contributed by atoms with van der Waals surface area (Å²) in [5, 5.41) is 0. The van der Waals surface area contributed by atoms with Gasteiger partial charge in [0.25, 0.3) is 0 Å². The maximum absolute atomic E-state index is 11.8. The van der Waals surface area contributed by atoms with Crippen LogP contribution in [0, 0.1) is 6.26 Å². The second-order valence-corrected chi connectivity index (χ2v) is 4.69. The van der Waals surface area contributed by atoms with Gasteiger partial charge >= 0.3 is 6.61 Å². The van der Waals surface area contributed by atoms with Crippen molar-refractivity contribution in [3.8, 4) is 5.75 Å². The van der Waals surface area contributed by atoms with Crippen LogP contribution in [0.5, 0.6) is 5.75 Å². The van der Waals surface area contributed by atoms with Gasteiger partial charge in [0.05, 0.1) is 12.0 Å². The van der Waals surface area contributed by atoms with Crippen LogP contribution in [0.1, 0.15) is 5.56 Å². The van der Waals surface area contributed by atoms with Gasteiger partial charge in [-0.3, -0.25) is 0 Å². The van der Waals surface area contributed by atoms with Crippen LogP contribution in [0.4, 0.5) is 8.78 Å². The Morgan fingerprint density at radius 1 is 1.27 bits per heavy atom. The highest BCUT2D eigenvalue weighted by molar-refractivity contribution is 7.91. The van der Waals surface area contributed by atoms with E-state index >= 15 is 0 Å². The van der Waals surface area contributed by atoms with Gasteiger partial charge in [-0.25, -0.2) is 8.42 Å². The van der Waals surface area contributed by atoms with E-state index in [-0.39, 0.29) is 11.5 Å². The minimum absolute atomic E-state index is 0.00443. The van der Waals surface area contributed by atoms with Crippen LogP contribution < -0.4 is 4.74 Å². The zero-order chi connectivity index (χ0) is 11.5. The molecule has 0 atom stereocenters. The maximum Gasteiger partial charge on any atom is 0.387 e. The molecule has 6 heteroatoms. The van der Waals surface area contributed by atoms with Crippen molar-refractivity contribution >= 4 is 9.84 Å². The molecule has 0 heterocycles. The van der Waals surface area contributed by atoms with E-state index in [2.05, 4.69) is 11.0 Å². The summed E-state index contributed by atoms with van der Waals surface area (Å²) < 4.78 is 49.2. The maximum atomic E-state index is 11.8. The predicted molar refractivity (Wildman–Crippen MR) is 51.1 cm³/mol. The van der Waals surface area contributed by atoms with Crippen molar-refractivity contribution in [1.82, 2.24) is 0 Å². The van der Waals surface area contributed by atoms with Crippen molar-refractivity contribution in [3.63, 3.8) is 0 Å². The van der Waals surface area contributed by atoms with Gasteiger partial charge in [-0.1, -0.05) is 12.1 Å². The van der Waals surface area contributed by atoms with Gasteiger partial charge in [-0.2, -0.15) is 8.78 Å². The second kappa shape index (κ2) is 4.57. The first-order valence-electron chi connectivity index (χ1n) is 3.96. The zero-order valence-electron chi connectivity index (χ0n) is 7.69. The number of alkyl halides is 2. The van der Waals surface area contributed by atoms with E-state index in [4.69, 9.17) is 0 Å². The molecule has 1 rings (SSSR count). The molecule has 0 unspecified atom stereocenters. The normalized spacial score (nSPS) is 11.7. The molecule has 0 fully saturated rings. The molecule has 1 radical (unpaired) electrons. The lowest BCUT2D eigenvalue weighted by Gasteiger charge is -2.04. The molecule has 0 aliphatic heterocycles. The van der Waals surface area contributed by atoms with Crippen molar-refractivity contribution in [2.75, 3.05) is 0 Å². The van der Waals surface area contributed by atoms with Gasteiger partial charge in [-0.05, 0) is 17.7 Å². The second-order valence-electron chi connectivity index (χ2n) is 2.91. The highest BCUT2D eigenvalue weighted by atomic mass is 32.2. The molecule has 0 aromatic heterocycles. The number of halogens is 2. The number of ether oxygens (including phenoxy) is 1. The molecular formula is C9H9F2O3S. The van der Waals surface area contributed by atoms with E-state index in [9.17, 15) is 17.2 Å². The van der Waals surface area contributed by atoms with E-state index in [1.165, 1.54) is 24.3 Å². The van der Waals surface area contributed by atoms with Crippen LogP contribution in [0.25, 0.3) is 0 Å². The molecule has 1 aromatic rings. The molecule has 0 aliphatic rings. The van der Waals surface area contributed by atoms with Crippen LogP contribution in [0.2, 0.25) is 0 Å². The van der Waals surface area contributed by atoms with Gasteiger partial charge in [0.1, 0.15) is 5.75 Å². The highest BCUT2D eigenvalue weighted by Crippen LogP contribution is 2.16. The molecule has 1 aromatic carbocycles. The fraction of sp³-hybridized carbons (Fsp3) is 0.222. The molecule has 0 spiro atoms. The summed E-state index contributed by atoms with van der Waals surface area (Å²) in [4.78, 5) is 0. The summed E-state index contributed by atoms with van der Waals surface area (Å²) in [5.74, 6) is -0.225. The van der Waals surface area contributed by atoms with Crippen molar-refractivity contribution in [2.45, 2.75) is 12.4 Å². The molecule has 83 valence electrons. The lowest BCUT2D eigenvalue weighted by molar-refractivity contribution is -0.0498. The number of hydrogen-bond acceptors (Lipinski definition) is 3. The van der Waals surface area contributed by atoms with Gasteiger partial charge in [0, 0.05) is 0 Å². The monoisotopic (exact) mass is 235 g/mol. The molecule has 3 nitrogen and oxygen atoms in total. The van der Waals surface area contributed by atoms with Crippen LogP contribution in [0.15, 0.2) is 24.3 Å². The topological polar surface area (TPSA) is 43.4 Å². The Hall–Kier alpha value is -1.17. The van der Waals surface area contributed by atoms with Crippen molar-refractivity contribution in [1.29, 1.82) is 0 Å². The Morgan fingerprint density at radius 2 is 1.80 bits per heavy atom. The van der Waals surface area contributed by atoms with Gasteiger partial charge in [-0.15, -0.1) is 0 Å². The molecule has 0 saturated heterocycles. The van der Waals surface area contributed by atoms with E-state index in [0.717, 1.165) is 0 Å². The van der Waals surface area contributed by atoms with E-state index in [0.29, 0.717) is 5.56 Å². The third-order valence-electron chi connectivity index (χ3n) is 1.54. The van der Waals surface area contributed by atoms with Crippen LogP contribution in [0.3, 0.4) is 0 Å². The van der Waals surface area contributed by atoms with E-state index in [1.807, 2.05) is 0 Å². The predicted octanol–water partition coefficient (Wildman–Crippen LogP) is 1.99. The number of hydrogen-bond donors (Lipinski definition) is 0. The highest BCUT2D eigenvalue weighted by Gasteiger charge is 2.06. The summed E-state index contributed by atoms with van der Waals surface area (Å²) in [7, 11) is -3.35. The number of rotatable bonds is 4. The van der Waals surface area contributed by atoms with E-state index in [1.54, 1.807) is 0 Å². The SMILES string of the molecule is [CH2]S(=O)(=O)Cc1ccc(OC(F)F)cc1. The van der Waals surface area contributed by atoms with Gasteiger partial charge in [0.15, 0.2) is 9.84 Å². The molecule has 0 amide bonds. The zero-order valence-corrected chi connectivity index (χ0v) is 8.51. The molecule has 0 N–H and O–H groups in total. The standard InChI is InChI=1S/C9H9F2O3S/c1-15(12,13)6-7-2-4-8(5-3-7)14-9(10)11/h2-5,9H,1,6H2. The number of benzene rings is 1. The van der Waals surface area contributed by atoms with Crippen molar-refractivity contribution < 1.29 is 21.9 Å². The van der Waals surface area contributed by atoms with Gasteiger partial charge in [0.2, 0.25) is 0 Å². The summed E-state index contributed by atoms with van der Waals surface area (Å²) in [6, 6.07) is 5.38. The summed E-state index contributed by atoms with van der Waals surface area (Å²) in [5.41, 5.74) is 0.478. The first-order chi connectivity index (χ1) is 6.87. The Labute approximate surface area is 86.6 Å². The lowest BCUT2D eigenvalue weighted by atomic mass is 10.2. The third kappa shape index (κ3) is 4.73. The Morgan fingerprint density at radius 3 is 2.20 bits per heavy atom. The van der Waals surface area contributed by atoms with Crippen LogP contribution in [-0.2, 0) is 15.6 Å². The first-order valence-corrected chi connectivity index (χ1v) is 5.78. The van der Waals surface area contributed by atoms with Crippen LogP contribution >= 0.6 is 0 Å². The Bertz CT molecular complexity index is 411. The number of sulfone groups is 1. The van der Waals surface area contributed by atoms with Crippen molar-refractivity contribution in [3.05, 3.63) is 36.1 Å². The fourth-order valence-corrected chi connectivity index (χ4v) is 1.72. The largest absolute Gasteiger partial charge is 0.435 e. The molecule has 0 saturated carbocycles.